The van der Waals surface area contributed by atoms with E-state index in [0.717, 1.165) is 16.0 Å². The summed E-state index contributed by atoms with van der Waals surface area (Å²) in [6.07, 6.45) is 2.36. The number of thioether (sulfide) groups is 1. The molecule has 110 valence electrons. The van der Waals surface area contributed by atoms with E-state index in [2.05, 4.69) is 36.4 Å². The van der Waals surface area contributed by atoms with Crippen LogP contribution in [-0.2, 0) is 4.79 Å². The highest BCUT2D eigenvalue weighted by Gasteiger charge is 2.27. The molecule has 1 fully saturated rings. The van der Waals surface area contributed by atoms with Crippen molar-refractivity contribution < 1.29 is 4.79 Å². The summed E-state index contributed by atoms with van der Waals surface area (Å²) in [5.74, 6) is 1.43. The van der Waals surface area contributed by atoms with Crippen LogP contribution in [0.4, 0.5) is 5.69 Å². The van der Waals surface area contributed by atoms with Crippen molar-refractivity contribution in [1.82, 2.24) is 15.2 Å². The number of benzene rings is 1. The highest BCUT2D eigenvalue weighted by atomic mass is 79.9. The fourth-order valence-electron chi connectivity index (χ4n) is 1.84. The van der Waals surface area contributed by atoms with Crippen LogP contribution in [0.2, 0.25) is 0 Å². The maximum atomic E-state index is 12.1. The second-order valence-electron chi connectivity index (χ2n) is 5.03. The van der Waals surface area contributed by atoms with Gasteiger partial charge < -0.3 is 5.32 Å². The van der Waals surface area contributed by atoms with Gasteiger partial charge in [-0.25, -0.2) is 4.98 Å². The molecule has 0 saturated heterocycles. The van der Waals surface area contributed by atoms with Crippen LogP contribution in [0.3, 0.4) is 0 Å². The third-order valence-electron chi connectivity index (χ3n) is 3.21. The Morgan fingerprint density at radius 3 is 2.81 bits per heavy atom. The fraction of sp³-hybridized carbons (Fsp3) is 0.357. The number of H-pyrrole nitrogens is 1. The Morgan fingerprint density at radius 2 is 2.14 bits per heavy atom. The van der Waals surface area contributed by atoms with Crippen molar-refractivity contribution in [2.75, 3.05) is 5.32 Å². The Kier molecular flexibility index (Phi) is 4.30. The molecule has 1 saturated carbocycles. The third-order valence-corrected chi connectivity index (χ3v) is 4.70. The van der Waals surface area contributed by atoms with E-state index in [9.17, 15) is 4.79 Å². The lowest BCUT2D eigenvalue weighted by Gasteiger charge is -2.10. The fourth-order valence-corrected chi connectivity index (χ4v) is 2.83. The molecule has 1 aromatic carbocycles. The van der Waals surface area contributed by atoms with Crippen molar-refractivity contribution in [3.63, 3.8) is 0 Å². The second-order valence-corrected chi connectivity index (χ2v) is 7.26. The van der Waals surface area contributed by atoms with Gasteiger partial charge in [-0.1, -0.05) is 27.7 Å². The molecule has 0 bridgehead atoms. The monoisotopic (exact) mass is 366 g/mol. The van der Waals surface area contributed by atoms with Crippen LogP contribution in [0.1, 0.15) is 31.5 Å². The van der Waals surface area contributed by atoms with Crippen LogP contribution in [0.5, 0.6) is 0 Å². The number of hydrogen-bond acceptors (Lipinski definition) is 4. The van der Waals surface area contributed by atoms with Gasteiger partial charge in [-0.3, -0.25) is 9.89 Å². The van der Waals surface area contributed by atoms with Gasteiger partial charge in [-0.05, 0) is 44.0 Å². The van der Waals surface area contributed by atoms with Crippen LogP contribution in [0, 0.1) is 0 Å². The average molecular weight is 367 g/mol. The highest BCUT2D eigenvalue weighted by molar-refractivity contribution is 9.10. The van der Waals surface area contributed by atoms with Crippen LogP contribution in [-0.4, -0.2) is 26.3 Å². The van der Waals surface area contributed by atoms with E-state index in [1.807, 2.05) is 31.2 Å². The number of carbonyl (C=O) groups is 1. The van der Waals surface area contributed by atoms with E-state index in [-0.39, 0.29) is 11.2 Å². The van der Waals surface area contributed by atoms with Gasteiger partial charge in [0, 0.05) is 16.1 Å². The molecule has 0 radical (unpaired) electrons. The number of aromatic amines is 1. The molecule has 1 aromatic heterocycles. The maximum absolute atomic E-state index is 12.1. The minimum Gasteiger partial charge on any atom is -0.325 e. The van der Waals surface area contributed by atoms with Crippen LogP contribution < -0.4 is 5.32 Å². The molecule has 2 aromatic rings. The summed E-state index contributed by atoms with van der Waals surface area (Å²) < 4.78 is 0.983. The van der Waals surface area contributed by atoms with Crippen molar-refractivity contribution in [3.8, 4) is 0 Å². The van der Waals surface area contributed by atoms with E-state index in [4.69, 9.17) is 0 Å². The van der Waals surface area contributed by atoms with Crippen molar-refractivity contribution in [2.45, 2.75) is 36.1 Å². The van der Waals surface area contributed by atoms with Gasteiger partial charge in [0.15, 0.2) is 0 Å². The van der Waals surface area contributed by atoms with Crippen LogP contribution >= 0.6 is 27.7 Å². The Balaban J connectivity index is 1.57. The van der Waals surface area contributed by atoms with Crippen molar-refractivity contribution >= 4 is 39.3 Å². The first-order chi connectivity index (χ1) is 10.1. The lowest BCUT2D eigenvalue weighted by Crippen LogP contribution is -2.22. The van der Waals surface area contributed by atoms with E-state index in [1.165, 1.54) is 24.6 Å². The number of amides is 1. The number of carbonyl (C=O) groups excluding carboxylic acids is 1. The molecule has 0 aliphatic heterocycles. The predicted octanol–water partition coefficient (Wildman–Crippen LogP) is 3.56. The number of nitrogens with zero attached hydrogens (tertiary/aromatic N) is 2. The summed E-state index contributed by atoms with van der Waals surface area (Å²) in [5, 5.41) is 10.4. The molecule has 1 heterocycles. The molecule has 7 heteroatoms. The minimum atomic E-state index is -0.253. The number of aromatic nitrogens is 3. The first-order valence-electron chi connectivity index (χ1n) is 6.77. The predicted molar refractivity (Wildman–Crippen MR) is 86.4 cm³/mol. The summed E-state index contributed by atoms with van der Waals surface area (Å²) in [4.78, 5) is 16.6. The number of halogens is 1. The second kappa shape index (κ2) is 6.19. The van der Waals surface area contributed by atoms with Gasteiger partial charge in [-0.15, -0.1) is 5.10 Å². The average Bonchev–Trinajstić information content (AvgIpc) is 3.22. The number of anilines is 1. The first kappa shape index (κ1) is 14.6. The molecule has 5 nitrogen and oxygen atoms in total. The van der Waals surface area contributed by atoms with Gasteiger partial charge >= 0.3 is 0 Å². The van der Waals surface area contributed by atoms with Gasteiger partial charge in [0.05, 0.1) is 5.25 Å². The quantitative estimate of drug-likeness (QED) is 0.793. The molecular formula is C14H15BrN4OS. The topological polar surface area (TPSA) is 70.7 Å². The van der Waals surface area contributed by atoms with E-state index in [1.54, 1.807) is 0 Å². The molecule has 1 atom stereocenters. The van der Waals surface area contributed by atoms with E-state index in [0.29, 0.717) is 11.1 Å². The zero-order valence-electron chi connectivity index (χ0n) is 11.5. The Morgan fingerprint density at radius 1 is 1.43 bits per heavy atom. The molecule has 1 aliphatic carbocycles. The molecule has 3 rings (SSSR count). The Labute approximate surface area is 135 Å². The van der Waals surface area contributed by atoms with Gasteiger partial charge in [0.2, 0.25) is 11.1 Å². The van der Waals surface area contributed by atoms with Crippen molar-refractivity contribution in [3.05, 3.63) is 34.6 Å². The molecule has 1 aliphatic rings. The molecule has 21 heavy (non-hydrogen) atoms. The zero-order chi connectivity index (χ0) is 14.8. The van der Waals surface area contributed by atoms with E-state index >= 15 is 0 Å². The summed E-state index contributed by atoms with van der Waals surface area (Å²) in [6, 6.07) is 7.50. The lowest BCUT2D eigenvalue weighted by atomic mass is 10.3. The summed E-state index contributed by atoms with van der Waals surface area (Å²) in [5.41, 5.74) is 0.782. The van der Waals surface area contributed by atoms with Gasteiger partial charge in [0.25, 0.3) is 0 Å². The largest absolute Gasteiger partial charge is 0.325 e. The molecular weight excluding hydrogens is 352 g/mol. The molecule has 0 spiro atoms. The molecule has 2 N–H and O–H groups in total. The van der Waals surface area contributed by atoms with Crippen molar-refractivity contribution in [1.29, 1.82) is 0 Å². The Bertz CT molecular complexity index is 639. The summed E-state index contributed by atoms with van der Waals surface area (Å²) in [7, 11) is 0. The molecule has 1 unspecified atom stereocenters. The lowest BCUT2D eigenvalue weighted by molar-refractivity contribution is -0.115. The smallest absolute Gasteiger partial charge is 0.237 e. The van der Waals surface area contributed by atoms with Gasteiger partial charge in [0.1, 0.15) is 5.82 Å². The van der Waals surface area contributed by atoms with E-state index < -0.39 is 0 Å². The minimum absolute atomic E-state index is 0.0555. The standard InChI is InChI=1S/C14H15BrN4OS/c1-8(13(20)16-11-6-4-10(15)5-7-11)21-14-17-12(18-19-14)9-2-3-9/h4-9H,2-3H2,1H3,(H,16,20)(H,17,18,19). The van der Waals surface area contributed by atoms with Crippen LogP contribution in [0.25, 0.3) is 0 Å². The third kappa shape index (κ3) is 3.85. The maximum Gasteiger partial charge on any atom is 0.237 e. The number of rotatable bonds is 5. The SMILES string of the molecule is CC(Sc1n[nH]c(C2CC2)n1)C(=O)Nc1ccc(Br)cc1. The normalized spacial score (nSPS) is 15.7. The first-order valence-corrected chi connectivity index (χ1v) is 8.44. The number of nitrogens with one attached hydrogen (secondary N) is 2. The zero-order valence-corrected chi connectivity index (χ0v) is 13.9. The molecule has 1 amide bonds. The number of hydrogen-bond donors (Lipinski definition) is 2. The van der Waals surface area contributed by atoms with Crippen LogP contribution in [0.15, 0.2) is 33.9 Å². The Hall–Kier alpha value is -1.34. The summed E-state index contributed by atoms with van der Waals surface area (Å²) in [6.45, 7) is 1.85. The van der Waals surface area contributed by atoms with Crippen molar-refractivity contribution in [2.24, 2.45) is 0 Å². The van der Waals surface area contributed by atoms with Gasteiger partial charge in [-0.2, -0.15) is 0 Å². The highest BCUT2D eigenvalue weighted by Crippen LogP contribution is 2.38. The summed E-state index contributed by atoms with van der Waals surface area (Å²) >= 11 is 4.73.